The Morgan fingerprint density at radius 3 is 2.72 bits per heavy atom. The second kappa shape index (κ2) is 6.29. The first kappa shape index (κ1) is 15.8. The molecule has 0 aliphatic carbocycles. The molecular formula is C18H17ClN6. The number of hydrogen-bond donors (Lipinski definition) is 0. The van der Waals surface area contributed by atoms with E-state index in [2.05, 4.69) is 19.6 Å². The molecule has 126 valence electrons. The number of halogens is 1. The Morgan fingerprint density at radius 1 is 1.04 bits per heavy atom. The average Bonchev–Trinajstić information content (AvgIpc) is 3.19. The molecule has 0 atom stereocenters. The van der Waals surface area contributed by atoms with Gasteiger partial charge in [0.05, 0.1) is 17.1 Å². The summed E-state index contributed by atoms with van der Waals surface area (Å²) in [6.45, 7) is 5.32. The molecule has 0 saturated heterocycles. The van der Waals surface area contributed by atoms with Gasteiger partial charge in [0, 0.05) is 24.3 Å². The van der Waals surface area contributed by atoms with Crippen molar-refractivity contribution in [1.82, 2.24) is 29.3 Å². The van der Waals surface area contributed by atoms with Gasteiger partial charge in [0.2, 0.25) is 0 Å². The summed E-state index contributed by atoms with van der Waals surface area (Å²) in [4.78, 5) is 13.5. The molecule has 25 heavy (non-hydrogen) atoms. The van der Waals surface area contributed by atoms with Gasteiger partial charge in [0.1, 0.15) is 17.3 Å². The van der Waals surface area contributed by atoms with Crippen LogP contribution in [0.3, 0.4) is 0 Å². The molecule has 0 unspecified atom stereocenters. The Kier molecular flexibility index (Phi) is 3.97. The summed E-state index contributed by atoms with van der Waals surface area (Å²) in [7, 11) is 0. The molecule has 0 N–H and O–H groups in total. The van der Waals surface area contributed by atoms with Crippen molar-refractivity contribution < 1.29 is 0 Å². The summed E-state index contributed by atoms with van der Waals surface area (Å²) < 4.78 is 3.98. The second-order valence-corrected chi connectivity index (χ2v) is 6.29. The molecule has 6 nitrogen and oxygen atoms in total. The van der Waals surface area contributed by atoms with Crippen LogP contribution in [-0.4, -0.2) is 29.3 Å². The van der Waals surface area contributed by atoms with Crippen molar-refractivity contribution in [2.75, 3.05) is 0 Å². The van der Waals surface area contributed by atoms with Crippen LogP contribution in [0, 0.1) is 13.8 Å². The third-order valence-corrected chi connectivity index (χ3v) is 4.44. The Morgan fingerprint density at radius 2 is 1.92 bits per heavy atom. The lowest BCUT2D eigenvalue weighted by molar-refractivity contribution is 0.522. The maximum atomic E-state index is 6.28. The molecule has 3 aromatic heterocycles. The van der Waals surface area contributed by atoms with E-state index in [4.69, 9.17) is 16.6 Å². The van der Waals surface area contributed by atoms with Gasteiger partial charge in [-0.25, -0.2) is 19.6 Å². The summed E-state index contributed by atoms with van der Waals surface area (Å²) in [5, 5.41) is 6.06. The molecule has 0 amide bonds. The van der Waals surface area contributed by atoms with E-state index >= 15 is 0 Å². The van der Waals surface area contributed by atoms with E-state index in [1.54, 1.807) is 6.20 Å². The molecule has 3 heterocycles. The number of aryl methyl sites for hydroxylation is 4. The van der Waals surface area contributed by atoms with Crippen LogP contribution in [0.4, 0.5) is 0 Å². The standard InChI is InChI=1S/C18H17ClN6/c1-12-21-13(2)25(23-12)11-10-24-9-8-20-18(24)16-7-6-14-4-3-5-15(19)17(14)22-16/h3-9H,10-11H2,1-2H3. The molecule has 7 heteroatoms. The first-order valence-corrected chi connectivity index (χ1v) is 8.44. The Bertz CT molecular complexity index is 1050. The number of aromatic nitrogens is 6. The Labute approximate surface area is 150 Å². The van der Waals surface area contributed by atoms with Crippen LogP contribution >= 0.6 is 11.6 Å². The minimum Gasteiger partial charge on any atom is -0.328 e. The molecule has 1 aromatic carbocycles. The van der Waals surface area contributed by atoms with Gasteiger partial charge in [0.25, 0.3) is 0 Å². The van der Waals surface area contributed by atoms with Gasteiger partial charge in [-0.1, -0.05) is 29.8 Å². The smallest absolute Gasteiger partial charge is 0.158 e. The first-order chi connectivity index (χ1) is 12.1. The van der Waals surface area contributed by atoms with Crippen LogP contribution in [0.5, 0.6) is 0 Å². The van der Waals surface area contributed by atoms with E-state index < -0.39 is 0 Å². The van der Waals surface area contributed by atoms with Crippen LogP contribution < -0.4 is 0 Å². The highest BCUT2D eigenvalue weighted by atomic mass is 35.5. The molecule has 0 bridgehead atoms. The monoisotopic (exact) mass is 352 g/mol. The second-order valence-electron chi connectivity index (χ2n) is 5.88. The largest absolute Gasteiger partial charge is 0.328 e. The number of hydrogen-bond acceptors (Lipinski definition) is 4. The highest BCUT2D eigenvalue weighted by Gasteiger charge is 2.10. The van der Waals surface area contributed by atoms with Gasteiger partial charge in [-0.3, -0.25) is 0 Å². The lowest BCUT2D eigenvalue weighted by atomic mass is 10.2. The van der Waals surface area contributed by atoms with Gasteiger partial charge < -0.3 is 4.57 Å². The van der Waals surface area contributed by atoms with E-state index in [0.717, 1.165) is 47.2 Å². The summed E-state index contributed by atoms with van der Waals surface area (Å²) in [5.41, 5.74) is 1.59. The SMILES string of the molecule is Cc1nc(C)n(CCn2ccnc2-c2ccc3cccc(Cl)c3n2)n1. The topological polar surface area (TPSA) is 61.4 Å². The van der Waals surface area contributed by atoms with Crippen molar-refractivity contribution in [3.63, 3.8) is 0 Å². The molecular weight excluding hydrogens is 336 g/mol. The fraction of sp³-hybridized carbons (Fsp3) is 0.222. The molecule has 0 saturated carbocycles. The third-order valence-electron chi connectivity index (χ3n) is 4.13. The number of benzene rings is 1. The van der Waals surface area contributed by atoms with E-state index in [1.807, 2.05) is 55.1 Å². The fourth-order valence-corrected chi connectivity index (χ4v) is 3.16. The van der Waals surface area contributed by atoms with Crippen molar-refractivity contribution in [2.24, 2.45) is 0 Å². The summed E-state index contributed by atoms with van der Waals surface area (Å²) in [6.07, 6.45) is 3.74. The first-order valence-electron chi connectivity index (χ1n) is 8.06. The summed E-state index contributed by atoms with van der Waals surface area (Å²) in [5.74, 6) is 2.51. The van der Waals surface area contributed by atoms with E-state index in [9.17, 15) is 0 Å². The van der Waals surface area contributed by atoms with Gasteiger partial charge in [-0.2, -0.15) is 5.10 Å². The normalized spacial score (nSPS) is 11.3. The quantitative estimate of drug-likeness (QED) is 0.562. The van der Waals surface area contributed by atoms with Gasteiger partial charge in [-0.05, 0) is 26.0 Å². The van der Waals surface area contributed by atoms with E-state index in [-0.39, 0.29) is 0 Å². The summed E-state index contributed by atoms with van der Waals surface area (Å²) >= 11 is 6.28. The number of imidazole rings is 1. The van der Waals surface area contributed by atoms with Crippen molar-refractivity contribution in [2.45, 2.75) is 26.9 Å². The number of para-hydroxylation sites is 1. The summed E-state index contributed by atoms with van der Waals surface area (Å²) in [6, 6.07) is 9.77. The number of fused-ring (bicyclic) bond motifs is 1. The maximum absolute atomic E-state index is 6.28. The predicted octanol–water partition coefficient (Wildman–Crippen LogP) is 3.66. The predicted molar refractivity (Wildman–Crippen MR) is 97.5 cm³/mol. The molecule has 0 aliphatic rings. The zero-order chi connectivity index (χ0) is 17.4. The van der Waals surface area contributed by atoms with Gasteiger partial charge in [-0.15, -0.1) is 0 Å². The van der Waals surface area contributed by atoms with Crippen LogP contribution in [0.25, 0.3) is 22.4 Å². The van der Waals surface area contributed by atoms with Crippen LogP contribution in [0.2, 0.25) is 5.02 Å². The van der Waals surface area contributed by atoms with E-state index in [0.29, 0.717) is 5.02 Å². The lowest BCUT2D eigenvalue weighted by Gasteiger charge is -2.09. The van der Waals surface area contributed by atoms with Crippen molar-refractivity contribution in [1.29, 1.82) is 0 Å². The molecule has 0 fully saturated rings. The number of pyridine rings is 1. The van der Waals surface area contributed by atoms with E-state index in [1.165, 1.54) is 0 Å². The number of nitrogens with zero attached hydrogens (tertiary/aromatic N) is 6. The van der Waals surface area contributed by atoms with Crippen molar-refractivity contribution in [3.8, 4) is 11.5 Å². The molecule has 4 rings (SSSR count). The zero-order valence-electron chi connectivity index (χ0n) is 14.0. The van der Waals surface area contributed by atoms with Crippen LogP contribution in [0.15, 0.2) is 42.7 Å². The van der Waals surface area contributed by atoms with Crippen LogP contribution in [-0.2, 0) is 13.1 Å². The van der Waals surface area contributed by atoms with Gasteiger partial charge in [0.15, 0.2) is 5.82 Å². The molecule has 0 radical (unpaired) electrons. The lowest BCUT2D eigenvalue weighted by Crippen LogP contribution is -2.11. The average molecular weight is 353 g/mol. The fourth-order valence-electron chi connectivity index (χ4n) is 2.93. The minimum atomic E-state index is 0.645. The van der Waals surface area contributed by atoms with Crippen molar-refractivity contribution in [3.05, 3.63) is 59.4 Å². The number of rotatable bonds is 4. The zero-order valence-corrected chi connectivity index (χ0v) is 14.8. The molecule has 4 aromatic rings. The third kappa shape index (κ3) is 3.00. The Hall–Kier alpha value is -2.73. The molecule has 0 spiro atoms. The molecule has 0 aliphatic heterocycles. The van der Waals surface area contributed by atoms with Crippen molar-refractivity contribution >= 4 is 22.5 Å². The van der Waals surface area contributed by atoms with Gasteiger partial charge >= 0.3 is 0 Å². The maximum Gasteiger partial charge on any atom is 0.158 e. The van der Waals surface area contributed by atoms with Crippen LogP contribution in [0.1, 0.15) is 11.6 Å². The minimum absolute atomic E-state index is 0.645. The highest BCUT2D eigenvalue weighted by molar-refractivity contribution is 6.35. The Balaban J connectivity index is 1.65. The highest BCUT2D eigenvalue weighted by Crippen LogP contribution is 2.25.